The van der Waals surface area contributed by atoms with Gasteiger partial charge in [-0.15, -0.1) is 4.53 Å². The first-order valence-electron chi connectivity index (χ1n) is 4.94. The molecule has 1 aromatic carbocycles. The molecule has 3 nitrogen and oxygen atoms in total. The van der Waals surface area contributed by atoms with Crippen LogP contribution in [-0.2, 0) is 0 Å². The Bertz CT molecular complexity index is 429. The Labute approximate surface area is 116 Å². The molecule has 0 unspecified atom stereocenters. The van der Waals surface area contributed by atoms with E-state index in [1.807, 2.05) is 20.8 Å². The van der Waals surface area contributed by atoms with Crippen LogP contribution < -0.4 is 5.43 Å². The molecule has 1 rings (SSSR count). The van der Waals surface area contributed by atoms with Crippen molar-refractivity contribution in [3.05, 3.63) is 33.8 Å². The van der Waals surface area contributed by atoms with Crippen molar-refractivity contribution in [2.24, 2.45) is 0 Å². The van der Waals surface area contributed by atoms with Gasteiger partial charge in [0.25, 0.3) is 5.91 Å². The molecule has 0 bridgehead atoms. The van der Waals surface area contributed by atoms with E-state index in [0.717, 1.165) is 0 Å². The molecule has 0 aliphatic heterocycles. The van der Waals surface area contributed by atoms with Crippen molar-refractivity contribution in [3.8, 4) is 0 Å². The first kappa shape index (κ1) is 14.6. The monoisotopic (exact) mass is 294 g/mol. The Hall–Kier alpha value is -0.480. The van der Waals surface area contributed by atoms with Crippen molar-refractivity contribution in [2.45, 2.75) is 26.3 Å². The molecule has 0 heterocycles. The standard InChI is InChI=1S/C11H13Cl3N2O/c1-11(2,3)16(14)15-10(17)7-5-4-6-8(12)9(7)13/h4-6H,1-3H3,(H,15,17). The highest BCUT2D eigenvalue weighted by Crippen LogP contribution is 2.25. The fraction of sp³-hybridized carbons (Fsp3) is 0.364. The number of amides is 1. The molecule has 94 valence electrons. The molecule has 0 fully saturated rings. The molecule has 1 aromatic rings. The van der Waals surface area contributed by atoms with Crippen LogP contribution in [-0.4, -0.2) is 16.0 Å². The molecule has 0 atom stereocenters. The average molecular weight is 296 g/mol. The lowest BCUT2D eigenvalue weighted by Gasteiger charge is -2.28. The first-order valence-corrected chi connectivity index (χ1v) is 6.04. The molecule has 1 amide bonds. The molecule has 17 heavy (non-hydrogen) atoms. The van der Waals surface area contributed by atoms with Gasteiger partial charge in [-0.1, -0.05) is 29.3 Å². The maximum atomic E-state index is 11.9. The number of rotatable bonds is 2. The van der Waals surface area contributed by atoms with Crippen LogP contribution in [0.5, 0.6) is 0 Å². The van der Waals surface area contributed by atoms with Crippen molar-refractivity contribution in [3.63, 3.8) is 0 Å². The maximum Gasteiger partial charge on any atom is 0.268 e. The molecule has 6 heteroatoms. The fourth-order valence-electron chi connectivity index (χ4n) is 0.996. The zero-order chi connectivity index (χ0) is 13.2. The summed E-state index contributed by atoms with van der Waals surface area (Å²) in [6, 6.07) is 4.85. The fourth-order valence-corrected chi connectivity index (χ4v) is 1.46. The van der Waals surface area contributed by atoms with E-state index in [0.29, 0.717) is 5.02 Å². The summed E-state index contributed by atoms with van der Waals surface area (Å²) in [6.45, 7) is 5.58. The van der Waals surface area contributed by atoms with Gasteiger partial charge in [0.1, 0.15) is 0 Å². The van der Waals surface area contributed by atoms with Crippen molar-refractivity contribution in [1.29, 1.82) is 0 Å². The number of carbonyl (C=O) groups is 1. The second-order valence-electron chi connectivity index (χ2n) is 4.49. The third-order valence-electron chi connectivity index (χ3n) is 1.98. The van der Waals surface area contributed by atoms with E-state index >= 15 is 0 Å². The summed E-state index contributed by atoms with van der Waals surface area (Å²) in [5.74, 6) is -0.401. The van der Waals surface area contributed by atoms with Crippen molar-refractivity contribution < 1.29 is 4.79 Å². The van der Waals surface area contributed by atoms with Crippen LogP contribution in [0.2, 0.25) is 10.0 Å². The van der Waals surface area contributed by atoms with Crippen LogP contribution in [0.1, 0.15) is 31.1 Å². The van der Waals surface area contributed by atoms with Gasteiger partial charge >= 0.3 is 0 Å². The molecular weight excluding hydrogens is 282 g/mol. The molecule has 0 aromatic heterocycles. The molecule has 1 N–H and O–H groups in total. The van der Waals surface area contributed by atoms with E-state index in [1.54, 1.807) is 18.2 Å². The molecular formula is C11H13Cl3N2O. The van der Waals surface area contributed by atoms with E-state index < -0.39 is 11.4 Å². The Kier molecular flexibility index (Phi) is 4.67. The number of halogens is 3. The summed E-state index contributed by atoms with van der Waals surface area (Å²) in [4.78, 5) is 11.9. The van der Waals surface area contributed by atoms with Gasteiger partial charge in [0, 0.05) is 17.3 Å². The number of carbonyl (C=O) groups excluding carboxylic acids is 1. The van der Waals surface area contributed by atoms with E-state index in [9.17, 15) is 4.79 Å². The molecule has 0 aliphatic rings. The number of nitrogens with one attached hydrogen (secondary N) is 1. The molecule has 0 aliphatic carbocycles. The number of nitrogens with zero attached hydrogens (tertiary/aromatic N) is 1. The second-order valence-corrected chi connectivity index (χ2v) is 5.62. The lowest BCUT2D eigenvalue weighted by Crippen LogP contribution is -2.46. The van der Waals surface area contributed by atoms with E-state index in [1.165, 1.54) is 4.53 Å². The molecule has 0 radical (unpaired) electrons. The summed E-state index contributed by atoms with van der Waals surface area (Å²) < 4.78 is 1.20. The Morgan fingerprint density at radius 3 is 2.41 bits per heavy atom. The van der Waals surface area contributed by atoms with Gasteiger partial charge < -0.3 is 0 Å². The number of benzene rings is 1. The van der Waals surface area contributed by atoms with Crippen molar-refractivity contribution in [1.82, 2.24) is 9.95 Å². The lowest BCUT2D eigenvalue weighted by molar-refractivity contribution is 0.0806. The van der Waals surface area contributed by atoms with Gasteiger partial charge in [0.05, 0.1) is 15.6 Å². The van der Waals surface area contributed by atoms with Crippen LogP contribution in [0.25, 0.3) is 0 Å². The maximum absolute atomic E-state index is 11.9. The minimum Gasteiger partial charge on any atom is -0.270 e. The van der Waals surface area contributed by atoms with Gasteiger partial charge in [0.15, 0.2) is 0 Å². The van der Waals surface area contributed by atoms with Crippen LogP contribution in [0, 0.1) is 0 Å². The number of hydrogen-bond donors (Lipinski definition) is 1. The van der Waals surface area contributed by atoms with Crippen LogP contribution in [0.3, 0.4) is 0 Å². The first-order chi connectivity index (χ1) is 7.73. The predicted octanol–water partition coefficient (Wildman–Crippen LogP) is 3.89. The van der Waals surface area contributed by atoms with E-state index in [-0.39, 0.29) is 10.6 Å². The summed E-state index contributed by atoms with van der Waals surface area (Å²) in [5, 5.41) is 0.543. The third kappa shape index (κ3) is 3.75. The van der Waals surface area contributed by atoms with Crippen LogP contribution in [0.15, 0.2) is 18.2 Å². The highest BCUT2D eigenvalue weighted by molar-refractivity contribution is 6.43. The Balaban J connectivity index is 2.88. The minimum atomic E-state index is -0.401. The highest BCUT2D eigenvalue weighted by atomic mass is 35.5. The topological polar surface area (TPSA) is 32.3 Å². The molecule has 0 saturated heterocycles. The van der Waals surface area contributed by atoms with Crippen molar-refractivity contribution >= 4 is 40.9 Å². The van der Waals surface area contributed by atoms with Gasteiger partial charge in [-0.05, 0) is 32.9 Å². The minimum absolute atomic E-state index is 0.214. The quantitative estimate of drug-likeness (QED) is 0.663. The normalized spacial score (nSPS) is 11.7. The van der Waals surface area contributed by atoms with E-state index in [4.69, 9.17) is 35.0 Å². The summed E-state index contributed by atoms with van der Waals surface area (Å²) >= 11 is 17.7. The number of hydrogen-bond acceptors (Lipinski definition) is 2. The lowest BCUT2D eigenvalue weighted by atomic mass is 10.1. The summed E-state index contributed by atoms with van der Waals surface area (Å²) in [7, 11) is 0. The average Bonchev–Trinajstić information content (AvgIpc) is 2.20. The van der Waals surface area contributed by atoms with Gasteiger partial charge in [-0.2, -0.15) is 0 Å². The van der Waals surface area contributed by atoms with Gasteiger partial charge in [-0.3, -0.25) is 10.2 Å². The SMILES string of the molecule is CC(C)(C)N(Cl)NC(=O)c1cccc(Cl)c1Cl. The Morgan fingerprint density at radius 1 is 1.29 bits per heavy atom. The summed E-state index contributed by atoms with van der Waals surface area (Å²) in [6.07, 6.45) is 0. The van der Waals surface area contributed by atoms with Gasteiger partial charge in [-0.25, -0.2) is 0 Å². The zero-order valence-electron chi connectivity index (χ0n) is 9.72. The van der Waals surface area contributed by atoms with Crippen LogP contribution in [0.4, 0.5) is 0 Å². The molecule has 0 saturated carbocycles. The van der Waals surface area contributed by atoms with E-state index in [2.05, 4.69) is 5.43 Å². The van der Waals surface area contributed by atoms with Gasteiger partial charge in [0.2, 0.25) is 0 Å². The highest BCUT2D eigenvalue weighted by Gasteiger charge is 2.23. The Morgan fingerprint density at radius 2 is 1.88 bits per heavy atom. The van der Waals surface area contributed by atoms with Crippen LogP contribution >= 0.6 is 35.0 Å². The van der Waals surface area contributed by atoms with Crippen molar-refractivity contribution in [2.75, 3.05) is 0 Å². The zero-order valence-corrected chi connectivity index (χ0v) is 12.0. The third-order valence-corrected chi connectivity index (χ3v) is 3.40. The predicted molar refractivity (Wildman–Crippen MR) is 71.4 cm³/mol. The smallest absolute Gasteiger partial charge is 0.268 e. The largest absolute Gasteiger partial charge is 0.270 e. The summed E-state index contributed by atoms with van der Waals surface area (Å²) in [5.41, 5.74) is 2.41. The second kappa shape index (κ2) is 5.44. The number of hydrazine groups is 1. The molecule has 0 spiro atoms.